The zero-order valence-corrected chi connectivity index (χ0v) is 22.0. The number of hydrogen-bond donors (Lipinski definition) is 1. The largest absolute Gasteiger partial charge is 0.507 e. The number of Topliss-reactive ketones (excluding diaryl/α,β-unsaturated/α-hetero) is 1. The number of hydrogen-bond acceptors (Lipinski definition) is 6. The van der Waals surface area contributed by atoms with Gasteiger partial charge >= 0.3 is 0 Å². The second-order valence-corrected chi connectivity index (χ2v) is 9.63. The highest BCUT2D eigenvalue weighted by molar-refractivity contribution is 6.51. The first-order valence-corrected chi connectivity index (χ1v) is 12.8. The Morgan fingerprint density at radius 3 is 2.50 bits per heavy atom. The van der Waals surface area contributed by atoms with Crippen LogP contribution in [0.5, 0.6) is 17.2 Å². The van der Waals surface area contributed by atoms with Crippen LogP contribution >= 0.6 is 0 Å². The molecule has 0 aliphatic carbocycles. The normalized spacial score (nSPS) is 18.2. The molecule has 0 aromatic heterocycles. The molecule has 1 atom stereocenters. The molecule has 2 aliphatic rings. The van der Waals surface area contributed by atoms with Gasteiger partial charge in [-0.25, -0.2) is 0 Å². The summed E-state index contributed by atoms with van der Waals surface area (Å²) in [5, 5.41) is 11.6. The van der Waals surface area contributed by atoms with Crippen LogP contribution in [0.15, 0.2) is 60.2 Å². The Labute approximate surface area is 222 Å². The van der Waals surface area contributed by atoms with E-state index in [2.05, 4.69) is 0 Å². The minimum absolute atomic E-state index is 0.0263. The van der Waals surface area contributed by atoms with Gasteiger partial charge in [0.15, 0.2) is 11.5 Å². The molecule has 7 nitrogen and oxygen atoms in total. The molecule has 0 radical (unpaired) electrons. The maximum Gasteiger partial charge on any atom is 0.300 e. The van der Waals surface area contributed by atoms with E-state index in [4.69, 9.17) is 14.2 Å². The van der Waals surface area contributed by atoms with E-state index in [0.29, 0.717) is 41.5 Å². The van der Waals surface area contributed by atoms with Gasteiger partial charge in [0.2, 0.25) is 0 Å². The monoisotopic (exact) mass is 513 g/mol. The summed E-state index contributed by atoms with van der Waals surface area (Å²) < 4.78 is 17.0. The van der Waals surface area contributed by atoms with Crippen LogP contribution in [0.3, 0.4) is 0 Å². The molecule has 0 saturated carbocycles. The minimum atomic E-state index is -0.867. The van der Waals surface area contributed by atoms with Crippen molar-refractivity contribution in [1.29, 1.82) is 0 Å². The maximum absolute atomic E-state index is 13.6. The Hall–Kier alpha value is -4.26. The summed E-state index contributed by atoms with van der Waals surface area (Å²) in [7, 11) is 1.55. The quantitative estimate of drug-likeness (QED) is 0.260. The SMILES string of the molecule is CCOc1cc(C2/C(=C(\O)c3ccc4c(c3)CCCO4)C(=O)C(=O)N2c2cc(C)cc(C)c2)ccc1OC. The number of amides is 1. The van der Waals surface area contributed by atoms with Crippen molar-refractivity contribution in [2.75, 3.05) is 25.2 Å². The van der Waals surface area contributed by atoms with Gasteiger partial charge in [-0.15, -0.1) is 0 Å². The number of carbonyl (C=O) groups excluding carboxylic acids is 2. The van der Waals surface area contributed by atoms with Gasteiger partial charge in [-0.2, -0.15) is 0 Å². The lowest BCUT2D eigenvalue weighted by Crippen LogP contribution is -2.29. The highest BCUT2D eigenvalue weighted by Crippen LogP contribution is 2.45. The third-order valence-electron chi connectivity index (χ3n) is 6.91. The van der Waals surface area contributed by atoms with Gasteiger partial charge in [0, 0.05) is 11.3 Å². The Kier molecular flexibility index (Phi) is 6.85. The summed E-state index contributed by atoms with van der Waals surface area (Å²) in [6.45, 7) is 6.82. The number of anilines is 1. The summed E-state index contributed by atoms with van der Waals surface area (Å²) in [5.74, 6) is 0.142. The first-order chi connectivity index (χ1) is 18.3. The molecule has 0 spiro atoms. The van der Waals surface area contributed by atoms with E-state index in [1.165, 1.54) is 4.90 Å². The number of aliphatic hydroxyl groups excluding tert-OH is 1. The molecule has 3 aromatic carbocycles. The van der Waals surface area contributed by atoms with Crippen molar-refractivity contribution in [3.63, 3.8) is 0 Å². The predicted molar refractivity (Wildman–Crippen MR) is 145 cm³/mol. The molecule has 7 heteroatoms. The molecule has 1 amide bonds. The fraction of sp³-hybridized carbons (Fsp3) is 0.290. The molecule has 1 N–H and O–H groups in total. The first-order valence-electron chi connectivity index (χ1n) is 12.8. The number of fused-ring (bicyclic) bond motifs is 1. The van der Waals surface area contributed by atoms with Gasteiger partial charge in [-0.3, -0.25) is 14.5 Å². The highest BCUT2D eigenvalue weighted by Gasteiger charge is 2.47. The number of ketones is 1. The fourth-order valence-electron chi connectivity index (χ4n) is 5.30. The smallest absolute Gasteiger partial charge is 0.300 e. The second-order valence-electron chi connectivity index (χ2n) is 9.63. The Balaban J connectivity index is 1.73. The molecule has 2 aliphatic heterocycles. The summed E-state index contributed by atoms with van der Waals surface area (Å²) in [6.07, 6.45) is 1.69. The van der Waals surface area contributed by atoms with E-state index in [1.807, 2.05) is 45.0 Å². The van der Waals surface area contributed by atoms with Crippen LogP contribution in [0.1, 0.15) is 47.2 Å². The average molecular weight is 514 g/mol. The van der Waals surface area contributed by atoms with Crippen LogP contribution in [0, 0.1) is 13.8 Å². The molecular formula is C31H31NO6. The summed E-state index contributed by atoms with van der Waals surface area (Å²) in [4.78, 5) is 28.6. The molecule has 38 heavy (non-hydrogen) atoms. The van der Waals surface area contributed by atoms with E-state index in [1.54, 1.807) is 37.4 Å². The van der Waals surface area contributed by atoms with Gasteiger partial charge in [0.05, 0.1) is 31.9 Å². The van der Waals surface area contributed by atoms with Crippen molar-refractivity contribution >= 4 is 23.1 Å². The summed E-state index contributed by atoms with van der Waals surface area (Å²) in [6, 6.07) is 15.5. The van der Waals surface area contributed by atoms with Crippen molar-refractivity contribution in [2.45, 2.75) is 39.7 Å². The zero-order valence-electron chi connectivity index (χ0n) is 22.0. The Bertz CT molecular complexity index is 1440. The first kappa shape index (κ1) is 25.4. The highest BCUT2D eigenvalue weighted by atomic mass is 16.5. The summed E-state index contributed by atoms with van der Waals surface area (Å²) in [5.41, 5.74) is 4.58. The van der Waals surface area contributed by atoms with Crippen molar-refractivity contribution in [3.8, 4) is 17.2 Å². The molecule has 1 saturated heterocycles. The summed E-state index contributed by atoms with van der Waals surface area (Å²) >= 11 is 0. The third kappa shape index (κ3) is 4.49. The minimum Gasteiger partial charge on any atom is -0.507 e. The number of carbonyl (C=O) groups is 2. The third-order valence-corrected chi connectivity index (χ3v) is 6.91. The maximum atomic E-state index is 13.6. The van der Waals surface area contributed by atoms with E-state index in [0.717, 1.165) is 35.3 Å². The topological polar surface area (TPSA) is 85.3 Å². The second kappa shape index (κ2) is 10.2. The average Bonchev–Trinajstić information content (AvgIpc) is 3.17. The van der Waals surface area contributed by atoms with Crippen molar-refractivity contribution in [1.82, 2.24) is 0 Å². The molecule has 5 rings (SSSR count). The van der Waals surface area contributed by atoms with Crippen LogP contribution in [0.2, 0.25) is 0 Å². The molecule has 1 unspecified atom stereocenters. The lowest BCUT2D eigenvalue weighted by molar-refractivity contribution is -0.132. The molecule has 3 aromatic rings. The Morgan fingerprint density at radius 1 is 1.03 bits per heavy atom. The number of benzene rings is 3. The standard InChI is InChI=1S/C31H31NO6/c1-5-37-26-17-21(8-11-25(26)36-4)28-27(29(33)22-9-10-24-20(16-22)7-6-12-38-24)30(34)31(35)32(28)23-14-18(2)13-19(3)15-23/h8-11,13-17,28,33H,5-7,12H2,1-4H3/b29-27+. The number of rotatable bonds is 6. The number of aliphatic hydroxyl groups is 1. The van der Waals surface area contributed by atoms with E-state index >= 15 is 0 Å². The zero-order chi connectivity index (χ0) is 27.0. The van der Waals surface area contributed by atoms with Gasteiger partial charge in [-0.05, 0) is 98.3 Å². The Morgan fingerprint density at radius 2 is 1.79 bits per heavy atom. The van der Waals surface area contributed by atoms with E-state index in [-0.39, 0.29) is 11.3 Å². The van der Waals surface area contributed by atoms with E-state index < -0.39 is 17.7 Å². The van der Waals surface area contributed by atoms with Gasteiger partial charge in [0.1, 0.15) is 11.5 Å². The lowest BCUT2D eigenvalue weighted by atomic mass is 9.93. The number of nitrogens with zero attached hydrogens (tertiary/aromatic N) is 1. The van der Waals surface area contributed by atoms with Crippen LogP contribution in [-0.4, -0.2) is 37.1 Å². The molecule has 2 heterocycles. The number of aryl methyl sites for hydroxylation is 3. The van der Waals surface area contributed by atoms with Crippen molar-refractivity contribution < 1.29 is 28.9 Å². The van der Waals surface area contributed by atoms with Crippen LogP contribution in [0.25, 0.3) is 5.76 Å². The fourth-order valence-corrected chi connectivity index (χ4v) is 5.30. The predicted octanol–water partition coefficient (Wildman–Crippen LogP) is 5.66. The number of ether oxygens (including phenoxy) is 3. The van der Waals surface area contributed by atoms with Gasteiger partial charge in [-0.1, -0.05) is 12.1 Å². The van der Waals surface area contributed by atoms with Crippen molar-refractivity contribution in [2.24, 2.45) is 0 Å². The van der Waals surface area contributed by atoms with Gasteiger partial charge < -0.3 is 19.3 Å². The van der Waals surface area contributed by atoms with Crippen LogP contribution in [-0.2, 0) is 16.0 Å². The van der Waals surface area contributed by atoms with Gasteiger partial charge in [0.25, 0.3) is 11.7 Å². The molecule has 196 valence electrons. The van der Waals surface area contributed by atoms with E-state index in [9.17, 15) is 14.7 Å². The lowest BCUT2D eigenvalue weighted by Gasteiger charge is -2.27. The van der Waals surface area contributed by atoms with Crippen molar-refractivity contribution in [3.05, 3.63) is 88.0 Å². The molecule has 1 fully saturated rings. The van der Waals surface area contributed by atoms with Crippen LogP contribution < -0.4 is 19.1 Å². The molecular weight excluding hydrogens is 482 g/mol. The number of methoxy groups -OCH3 is 1. The van der Waals surface area contributed by atoms with Crippen LogP contribution in [0.4, 0.5) is 5.69 Å². The molecule has 0 bridgehead atoms.